The summed E-state index contributed by atoms with van der Waals surface area (Å²) in [6.07, 6.45) is 41.7. The van der Waals surface area contributed by atoms with E-state index in [2.05, 4.69) is 283 Å². The molecular formula is C92H136N4Si4Ti. The second-order valence-electron chi connectivity index (χ2n) is 33.9. The number of hydrogen-bond acceptors (Lipinski definition) is 0. The Morgan fingerprint density at radius 3 is 0.515 bits per heavy atom. The Morgan fingerprint density at radius 2 is 0.386 bits per heavy atom. The number of benzene rings is 4. The molecule has 0 aromatic heterocycles. The van der Waals surface area contributed by atoms with Gasteiger partial charge in [0.15, 0.2) is 0 Å². The zero-order valence-electron chi connectivity index (χ0n) is 67.4. The molecule has 8 unspecified atom stereocenters. The van der Waals surface area contributed by atoms with Crippen LogP contribution in [0.2, 0.25) is 26.2 Å². The molecule has 0 N–H and O–H groups in total. The van der Waals surface area contributed by atoms with Crippen LogP contribution in [0.1, 0.15) is 265 Å². The van der Waals surface area contributed by atoms with E-state index in [-0.39, 0.29) is 64.5 Å². The molecule has 4 fully saturated rings. The fourth-order valence-electron chi connectivity index (χ4n) is 19.7. The van der Waals surface area contributed by atoms with Gasteiger partial charge in [-0.2, -0.15) is 0 Å². The molecule has 8 aliphatic carbocycles. The minimum absolute atomic E-state index is 0. The van der Waals surface area contributed by atoms with Crippen molar-refractivity contribution in [3.8, 4) is 0 Å². The molecule has 4 saturated carbocycles. The van der Waals surface area contributed by atoms with Gasteiger partial charge in [0, 0.05) is 0 Å². The van der Waals surface area contributed by atoms with Crippen molar-refractivity contribution in [3.05, 3.63) is 234 Å². The van der Waals surface area contributed by atoms with Crippen LogP contribution in [0, 0.1) is 0 Å². The molecule has 0 amide bonds. The van der Waals surface area contributed by atoms with Gasteiger partial charge in [-0.15, -0.1) is 20.6 Å². The van der Waals surface area contributed by atoms with E-state index < -0.39 is 35.2 Å². The largest absolute Gasteiger partial charge is 4.00 e. The number of allylic oxidation sites excluding steroid dienone is 8. The maximum atomic E-state index is 5.74. The van der Waals surface area contributed by atoms with Gasteiger partial charge in [-0.25, -0.2) is 0 Å². The molecular weight excluding hydrogens is 1320 g/mol. The predicted molar refractivity (Wildman–Crippen MR) is 454 cm³/mol. The summed E-state index contributed by atoms with van der Waals surface area (Å²) in [5.74, 6) is 0. The third kappa shape index (κ3) is 19.0. The Kier molecular flexibility index (Phi) is 29.3. The second kappa shape index (κ2) is 35.7. The van der Waals surface area contributed by atoms with Gasteiger partial charge in [0.1, 0.15) is 0 Å². The first kappa shape index (κ1) is 82.9. The second-order valence-corrected chi connectivity index (χ2v) is 46.7. The zero-order chi connectivity index (χ0) is 72.3. The summed E-state index contributed by atoms with van der Waals surface area (Å²) in [4.78, 5) is 0. The van der Waals surface area contributed by atoms with Crippen molar-refractivity contribution in [2.24, 2.45) is 0 Å². The van der Waals surface area contributed by atoms with Gasteiger partial charge >= 0.3 is 21.7 Å². The molecule has 0 radical (unpaired) electrons. The maximum absolute atomic E-state index is 5.74. The van der Waals surface area contributed by atoms with Gasteiger partial charge < -0.3 is 21.3 Å². The Balaban J connectivity index is 0.000000171. The molecule has 4 aromatic carbocycles. The summed E-state index contributed by atoms with van der Waals surface area (Å²) >= 11 is 0. The number of nitrogens with zero attached hydrogens (tertiary/aromatic N) is 4. The maximum Gasteiger partial charge on any atom is 4.00 e. The van der Waals surface area contributed by atoms with Crippen molar-refractivity contribution in [1.29, 1.82) is 0 Å². The van der Waals surface area contributed by atoms with Crippen LogP contribution in [0.3, 0.4) is 0 Å². The van der Waals surface area contributed by atoms with Crippen LogP contribution in [0.15, 0.2) is 213 Å². The van der Waals surface area contributed by atoms with E-state index >= 15 is 0 Å². The van der Waals surface area contributed by atoms with Gasteiger partial charge in [-0.1, -0.05) is 463 Å². The summed E-state index contributed by atoms with van der Waals surface area (Å²) < 4.78 is 0. The van der Waals surface area contributed by atoms with Gasteiger partial charge in [-0.05, 0) is 83.1 Å². The Labute approximate surface area is 640 Å². The Hall–Kier alpha value is -3.78. The molecule has 9 heteroatoms. The molecule has 8 aliphatic rings. The molecule has 101 heavy (non-hydrogen) atoms. The van der Waals surface area contributed by atoms with E-state index in [4.69, 9.17) is 21.3 Å². The van der Waals surface area contributed by atoms with Crippen LogP contribution >= 0.6 is 0 Å². The molecule has 12 rings (SSSR count). The summed E-state index contributed by atoms with van der Waals surface area (Å²) in [5, 5.41) is 30.0. The molecule has 4 aromatic rings. The van der Waals surface area contributed by atoms with Crippen molar-refractivity contribution >= 4 is 55.9 Å². The smallest absolute Gasteiger partial charge is 0.647 e. The average molecular weight is 1460 g/mol. The fourth-order valence-corrected chi connectivity index (χ4v) is 32.3. The first-order valence-electron chi connectivity index (χ1n) is 40.2. The zero-order valence-corrected chi connectivity index (χ0v) is 73.6. The van der Waals surface area contributed by atoms with Gasteiger partial charge in [-0.3, -0.25) is 0 Å². The van der Waals surface area contributed by atoms with Crippen LogP contribution in [0.5, 0.6) is 0 Å². The van der Waals surface area contributed by atoms with Crippen molar-refractivity contribution in [2.45, 2.75) is 334 Å². The molecule has 0 saturated heterocycles. The Bertz CT molecular complexity index is 3140. The number of hydrogen-bond donors (Lipinski definition) is 0. The van der Waals surface area contributed by atoms with E-state index in [0.29, 0.717) is 0 Å². The Morgan fingerprint density at radius 1 is 0.238 bits per heavy atom. The predicted octanol–water partition coefficient (Wildman–Crippen LogP) is 23.2. The summed E-state index contributed by atoms with van der Waals surface area (Å²) in [5.41, 5.74) is 16.9. The monoisotopic (exact) mass is 1460 g/mol. The molecule has 0 bridgehead atoms. The molecule has 0 aliphatic heterocycles. The van der Waals surface area contributed by atoms with Crippen LogP contribution in [-0.4, -0.2) is 78.0 Å². The third-order valence-electron chi connectivity index (χ3n) is 27.8. The normalized spacial score (nSPS) is 27.5. The van der Waals surface area contributed by atoms with Crippen LogP contribution in [-0.2, 0) is 21.7 Å². The molecule has 544 valence electrons. The van der Waals surface area contributed by atoms with E-state index in [9.17, 15) is 0 Å². The molecule has 0 spiro atoms. The molecule has 4 nitrogen and oxygen atoms in total. The van der Waals surface area contributed by atoms with E-state index in [1.807, 2.05) is 0 Å². The summed E-state index contributed by atoms with van der Waals surface area (Å²) in [7, 11) is -4.77. The van der Waals surface area contributed by atoms with Crippen molar-refractivity contribution in [1.82, 2.24) is 0 Å². The minimum Gasteiger partial charge on any atom is -0.647 e. The topological polar surface area (TPSA) is 56.4 Å². The van der Waals surface area contributed by atoms with Crippen molar-refractivity contribution in [3.63, 3.8) is 0 Å². The minimum atomic E-state index is -1.19. The van der Waals surface area contributed by atoms with E-state index in [1.165, 1.54) is 221 Å². The first-order valence-corrected chi connectivity index (χ1v) is 49.4. The quantitative estimate of drug-likeness (QED) is 0.0793. The van der Waals surface area contributed by atoms with Crippen LogP contribution < -0.4 is 20.7 Å². The van der Waals surface area contributed by atoms with E-state index in [0.717, 1.165) is 0 Å². The van der Waals surface area contributed by atoms with Gasteiger partial charge in [0.25, 0.3) is 0 Å². The fraction of sp³-hybridized carbons (Fsp3) is 0.565. The average Bonchev–Trinajstić information content (AvgIpc) is 1.71. The molecule has 0 heterocycles. The first-order chi connectivity index (χ1) is 47.5. The van der Waals surface area contributed by atoms with Gasteiger partial charge in [0.05, 0.1) is 35.2 Å². The summed E-state index contributed by atoms with van der Waals surface area (Å²) in [6, 6.07) is 45.0. The van der Waals surface area contributed by atoms with Crippen LogP contribution in [0.25, 0.3) is 21.3 Å². The number of rotatable bonds is 16. The van der Waals surface area contributed by atoms with Gasteiger partial charge in [0.2, 0.25) is 0 Å². The third-order valence-corrected chi connectivity index (χ3v) is 42.6. The standard InChI is InChI=1S/4C23H34NSi.Ti/c4*1-18-17-22(4,20(3)19(18)2)24-23(15-11-6-7-12-16-23)25(5)21-13-9-8-10-14-21;/h4*8-10,13-14,17,25H,6-7,11-12,15-16H2,1-5H3;/q4*-1;+4. The van der Waals surface area contributed by atoms with Crippen molar-refractivity contribution in [2.75, 3.05) is 0 Å². The van der Waals surface area contributed by atoms with E-state index in [1.54, 1.807) is 20.7 Å². The van der Waals surface area contributed by atoms with Crippen LogP contribution in [0.4, 0.5) is 0 Å². The SMILES string of the molecule is CC1=CC(C)([N-]C2([SiH](C)c3ccccc3)CCCCCC2)C(C)=C1C.CC1=CC(C)([N-]C2([SiH](C)c3ccccc3)CCCCCC2)C(C)=C1C.CC1=CC(C)([N-]C2([SiH](C)c3ccccc3)CCCCCC2)C(C)=C1C.CC1=CC(C)([N-]C2([SiH](C)c3ccccc3)CCCCCC2)C(C)=C1C.[Ti+4]. The van der Waals surface area contributed by atoms with Crippen molar-refractivity contribution < 1.29 is 21.7 Å². The molecule has 8 atom stereocenters. The summed E-state index contributed by atoms with van der Waals surface area (Å²) in [6.45, 7) is 46.8.